The Hall–Kier alpha value is -1.36. The number of hydrogen-bond acceptors (Lipinski definition) is 4. The SMILES string of the molecule is CCCCNC(=O)C=Cc1cnc(SC)nc1. The first-order valence-corrected chi connectivity index (χ1v) is 6.80. The van der Waals surface area contributed by atoms with Crippen molar-refractivity contribution >= 4 is 23.7 Å². The summed E-state index contributed by atoms with van der Waals surface area (Å²) < 4.78 is 0. The fourth-order valence-corrected chi connectivity index (χ4v) is 1.45. The van der Waals surface area contributed by atoms with Gasteiger partial charge < -0.3 is 5.32 Å². The summed E-state index contributed by atoms with van der Waals surface area (Å²) in [6.07, 6.45) is 10.6. The number of thioether (sulfide) groups is 1. The summed E-state index contributed by atoms with van der Waals surface area (Å²) in [7, 11) is 0. The van der Waals surface area contributed by atoms with Crippen LogP contribution in [0, 0.1) is 0 Å². The van der Waals surface area contributed by atoms with Gasteiger partial charge >= 0.3 is 0 Å². The van der Waals surface area contributed by atoms with Crippen LogP contribution >= 0.6 is 11.8 Å². The molecule has 0 saturated carbocycles. The highest BCUT2D eigenvalue weighted by Crippen LogP contribution is 2.07. The van der Waals surface area contributed by atoms with Gasteiger partial charge in [0.2, 0.25) is 5.91 Å². The Morgan fingerprint density at radius 2 is 2.18 bits per heavy atom. The van der Waals surface area contributed by atoms with E-state index in [1.54, 1.807) is 18.5 Å². The quantitative estimate of drug-likeness (QED) is 0.364. The molecule has 0 saturated heterocycles. The number of nitrogens with zero attached hydrogens (tertiary/aromatic N) is 2. The molecule has 4 nitrogen and oxygen atoms in total. The van der Waals surface area contributed by atoms with Crippen molar-refractivity contribution in [2.24, 2.45) is 0 Å². The number of aromatic nitrogens is 2. The molecule has 1 heterocycles. The molecule has 17 heavy (non-hydrogen) atoms. The number of carbonyl (C=O) groups excluding carboxylic acids is 1. The molecule has 0 fully saturated rings. The normalized spacial score (nSPS) is 10.7. The standard InChI is InChI=1S/C12H17N3OS/c1-3-4-7-13-11(16)6-5-10-8-14-12(17-2)15-9-10/h5-6,8-9H,3-4,7H2,1-2H3,(H,13,16). The number of hydrogen-bond donors (Lipinski definition) is 1. The monoisotopic (exact) mass is 251 g/mol. The second kappa shape index (κ2) is 7.84. The summed E-state index contributed by atoms with van der Waals surface area (Å²) in [5.74, 6) is -0.0765. The molecule has 1 aromatic rings. The predicted molar refractivity (Wildman–Crippen MR) is 70.8 cm³/mol. The maximum atomic E-state index is 11.4. The minimum atomic E-state index is -0.0765. The predicted octanol–water partition coefficient (Wildman–Crippen LogP) is 2.13. The molecule has 1 rings (SSSR count). The lowest BCUT2D eigenvalue weighted by Gasteiger charge is -1.99. The summed E-state index contributed by atoms with van der Waals surface area (Å²) in [4.78, 5) is 19.6. The number of carbonyl (C=O) groups is 1. The van der Waals surface area contributed by atoms with E-state index >= 15 is 0 Å². The van der Waals surface area contributed by atoms with Crippen molar-refractivity contribution in [2.75, 3.05) is 12.8 Å². The highest BCUT2D eigenvalue weighted by atomic mass is 32.2. The van der Waals surface area contributed by atoms with Crippen molar-refractivity contribution in [3.05, 3.63) is 24.0 Å². The molecule has 0 bridgehead atoms. The molecule has 0 unspecified atom stereocenters. The lowest BCUT2D eigenvalue weighted by atomic mass is 10.3. The molecule has 0 spiro atoms. The molecular formula is C12H17N3OS. The Morgan fingerprint density at radius 1 is 1.47 bits per heavy atom. The van der Waals surface area contributed by atoms with Gasteiger partial charge in [-0.3, -0.25) is 4.79 Å². The lowest BCUT2D eigenvalue weighted by molar-refractivity contribution is -0.116. The molecule has 1 amide bonds. The van der Waals surface area contributed by atoms with Crippen LogP contribution in [0.25, 0.3) is 6.08 Å². The molecule has 0 atom stereocenters. The Labute approximate surface area is 106 Å². The van der Waals surface area contributed by atoms with E-state index < -0.39 is 0 Å². The van der Waals surface area contributed by atoms with Crippen molar-refractivity contribution in [2.45, 2.75) is 24.9 Å². The maximum Gasteiger partial charge on any atom is 0.244 e. The molecule has 0 aliphatic heterocycles. The number of amides is 1. The van der Waals surface area contributed by atoms with E-state index in [4.69, 9.17) is 0 Å². The fraction of sp³-hybridized carbons (Fsp3) is 0.417. The van der Waals surface area contributed by atoms with Gasteiger partial charge in [-0.15, -0.1) is 0 Å². The molecule has 0 aliphatic carbocycles. The molecule has 0 aliphatic rings. The first kappa shape index (κ1) is 13.7. The third kappa shape index (κ3) is 5.49. The van der Waals surface area contributed by atoms with Gasteiger partial charge in [-0.25, -0.2) is 9.97 Å². The van der Waals surface area contributed by atoms with Crippen LogP contribution in [0.5, 0.6) is 0 Å². The van der Waals surface area contributed by atoms with E-state index in [1.807, 2.05) is 6.26 Å². The van der Waals surface area contributed by atoms with E-state index in [0.717, 1.165) is 30.1 Å². The van der Waals surface area contributed by atoms with Crippen molar-refractivity contribution < 1.29 is 4.79 Å². The number of unbranched alkanes of at least 4 members (excludes halogenated alkanes) is 1. The lowest BCUT2D eigenvalue weighted by Crippen LogP contribution is -2.21. The number of rotatable bonds is 6. The van der Waals surface area contributed by atoms with E-state index in [-0.39, 0.29) is 5.91 Å². The zero-order valence-electron chi connectivity index (χ0n) is 10.1. The van der Waals surface area contributed by atoms with Gasteiger partial charge in [0.25, 0.3) is 0 Å². The van der Waals surface area contributed by atoms with Crippen molar-refractivity contribution in [1.29, 1.82) is 0 Å². The zero-order valence-corrected chi connectivity index (χ0v) is 11.0. The number of nitrogens with one attached hydrogen (secondary N) is 1. The Kier molecular flexibility index (Phi) is 6.32. The van der Waals surface area contributed by atoms with E-state index in [9.17, 15) is 4.79 Å². The van der Waals surface area contributed by atoms with Crippen LogP contribution in [-0.4, -0.2) is 28.7 Å². The second-order valence-electron chi connectivity index (χ2n) is 3.48. The van der Waals surface area contributed by atoms with Gasteiger partial charge in [-0.2, -0.15) is 0 Å². The van der Waals surface area contributed by atoms with Crippen molar-refractivity contribution in [3.63, 3.8) is 0 Å². The first-order valence-electron chi connectivity index (χ1n) is 5.58. The zero-order chi connectivity index (χ0) is 12.5. The summed E-state index contributed by atoms with van der Waals surface area (Å²) in [5.41, 5.74) is 0.827. The molecule has 92 valence electrons. The van der Waals surface area contributed by atoms with Gasteiger partial charge in [-0.1, -0.05) is 25.1 Å². The average molecular weight is 251 g/mol. The van der Waals surface area contributed by atoms with Gasteiger partial charge in [0.15, 0.2) is 5.16 Å². The highest BCUT2D eigenvalue weighted by Gasteiger charge is 1.95. The Morgan fingerprint density at radius 3 is 2.76 bits per heavy atom. The molecule has 1 aromatic heterocycles. The summed E-state index contributed by atoms with van der Waals surface area (Å²) in [6, 6.07) is 0. The van der Waals surface area contributed by atoms with Crippen LogP contribution in [0.1, 0.15) is 25.3 Å². The topological polar surface area (TPSA) is 54.9 Å². The summed E-state index contributed by atoms with van der Waals surface area (Å²) in [5, 5.41) is 3.54. The summed E-state index contributed by atoms with van der Waals surface area (Å²) >= 11 is 1.49. The van der Waals surface area contributed by atoms with Gasteiger partial charge in [0, 0.05) is 30.6 Å². The second-order valence-corrected chi connectivity index (χ2v) is 4.25. The van der Waals surface area contributed by atoms with Gasteiger partial charge in [-0.05, 0) is 18.8 Å². The third-order valence-electron chi connectivity index (χ3n) is 2.09. The van der Waals surface area contributed by atoms with Crippen LogP contribution in [0.3, 0.4) is 0 Å². The highest BCUT2D eigenvalue weighted by molar-refractivity contribution is 7.98. The van der Waals surface area contributed by atoms with Crippen LogP contribution in [-0.2, 0) is 4.79 Å². The largest absolute Gasteiger partial charge is 0.353 e. The van der Waals surface area contributed by atoms with Crippen LogP contribution < -0.4 is 5.32 Å². The van der Waals surface area contributed by atoms with Crippen LogP contribution in [0.4, 0.5) is 0 Å². The van der Waals surface area contributed by atoms with Crippen LogP contribution in [0.15, 0.2) is 23.6 Å². The van der Waals surface area contributed by atoms with Gasteiger partial charge in [0.1, 0.15) is 0 Å². The first-order chi connectivity index (χ1) is 8.26. The molecular weight excluding hydrogens is 234 g/mol. The summed E-state index contributed by atoms with van der Waals surface area (Å²) in [6.45, 7) is 2.81. The van der Waals surface area contributed by atoms with Crippen LogP contribution in [0.2, 0.25) is 0 Å². The van der Waals surface area contributed by atoms with E-state index in [2.05, 4.69) is 22.2 Å². The molecule has 0 radical (unpaired) electrons. The Bertz CT molecular complexity index is 376. The average Bonchev–Trinajstić information content (AvgIpc) is 2.37. The molecule has 5 heteroatoms. The minimum Gasteiger partial charge on any atom is -0.353 e. The van der Waals surface area contributed by atoms with Crippen molar-refractivity contribution in [1.82, 2.24) is 15.3 Å². The maximum absolute atomic E-state index is 11.4. The van der Waals surface area contributed by atoms with Gasteiger partial charge in [0.05, 0.1) is 0 Å². The fourth-order valence-electron chi connectivity index (χ4n) is 1.14. The Balaban J connectivity index is 2.43. The third-order valence-corrected chi connectivity index (χ3v) is 2.66. The minimum absolute atomic E-state index is 0.0765. The van der Waals surface area contributed by atoms with E-state index in [1.165, 1.54) is 17.8 Å². The molecule has 1 N–H and O–H groups in total. The smallest absolute Gasteiger partial charge is 0.244 e. The van der Waals surface area contributed by atoms with E-state index in [0.29, 0.717) is 0 Å². The van der Waals surface area contributed by atoms with Crippen molar-refractivity contribution in [3.8, 4) is 0 Å². The molecule has 0 aromatic carbocycles.